The summed E-state index contributed by atoms with van der Waals surface area (Å²) in [6.45, 7) is 1.82. The van der Waals surface area contributed by atoms with Crippen LogP contribution in [0.25, 0.3) is 0 Å². The molecule has 0 aliphatic rings. The number of hydrogen-bond acceptors (Lipinski definition) is 6. The Kier molecular flexibility index (Phi) is 6.81. The van der Waals surface area contributed by atoms with Crippen LogP contribution in [0.2, 0.25) is 0 Å². The molecule has 132 valence electrons. The van der Waals surface area contributed by atoms with Crippen molar-refractivity contribution in [3.05, 3.63) is 46.2 Å². The minimum atomic E-state index is -1.12. The van der Waals surface area contributed by atoms with Crippen molar-refractivity contribution in [1.29, 1.82) is 0 Å². The second-order valence-electron chi connectivity index (χ2n) is 4.83. The van der Waals surface area contributed by atoms with Crippen molar-refractivity contribution in [2.45, 2.75) is 11.8 Å². The normalized spacial score (nSPS) is 11.3. The van der Waals surface area contributed by atoms with Crippen molar-refractivity contribution in [2.75, 3.05) is 17.9 Å². The number of carbonyl (C=O) groups is 2. The third-order valence-corrected chi connectivity index (χ3v) is 4.44. The van der Waals surface area contributed by atoms with Crippen LogP contribution >= 0.6 is 34.5 Å². The van der Waals surface area contributed by atoms with Gasteiger partial charge in [-0.25, -0.2) is 4.79 Å². The monoisotopic (exact) mass is 399 g/mol. The van der Waals surface area contributed by atoms with Gasteiger partial charge in [-0.2, -0.15) is 5.10 Å². The molecule has 6 nitrogen and oxygen atoms in total. The van der Waals surface area contributed by atoms with Crippen molar-refractivity contribution < 1.29 is 14.3 Å². The average molecular weight is 400 g/mol. The first-order chi connectivity index (χ1) is 11.9. The van der Waals surface area contributed by atoms with Gasteiger partial charge in [0.15, 0.2) is 4.84 Å². The molecule has 0 bridgehead atoms. The average Bonchev–Trinajstić information content (AvgIpc) is 3.08. The summed E-state index contributed by atoms with van der Waals surface area (Å²) in [5, 5.41) is 8.62. The van der Waals surface area contributed by atoms with Crippen molar-refractivity contribution >= 4 is 63.5 Å². The minimum Gasteiger partial charge on any atom is -0.465 e. The van der Waals surface area contributed by atoms with E-state index in [1.807, 2.05) is 6.92 Å². The van der Waals surface area contributed by atoms with Crippen LogP contribution in [0.1, 0.15) is 22.2 Å². The molecule has 0 aliphatic carbocycles. The Hall–Kier alpha value is -2.09. The van der Waals surface area contributed by atoms with Gasteiger partial charge in [-0.05, 0) is 36.1 Å². The van der Waals surface area contributed by atoms with Gasteiger partial charge in [-0.15, -0.1) is 11.3 Å². The van der Waals surface area contributed by atoms with E-state index >= 15 is 0 Å². The summed E-state index contributed by atoms with van der Waals surface area (Å²) >= 11 is 12.3. The van der Waals surface area contributed by atoms with Crippen LogP contribution in [-0.2, 0) is 9.53 Å². The highest BCUT2D eigenvalue weighted by molar-refractivity contribution is 7.12. The minimum absolute atomic E-state index is 0.415. The lowest BCUT2D eigenvalue weighted by Crippen LogP contribution is -2.18. The van der Waals surface area contributed by atoms with E-state index in [2.05, 4.69) is 15.8 Å². The van der Waals surface area contributed by atoms with Gasteiger partial charge in [0.25, 0.3) is 5.91 Å². The van der Waals surface area contributed by atoms with Gasteiger partial charge in [0.2, 0.25) is 0 Å². The summed E-state index contributed by atoms with van der Waals surface area (Å²) in [6, 6.07) is 8.77. The molecular weight excluding hydrogens is 385 g/mol. The number of carbonyl (C=O) groups excluding carboxylic acids is 2. The molecule has 0 radical (unpaired) electrons. The van der Waals surface area contributed by atoms with E-state index in [1.165, 1.54) is 18.4 Å². The zero-order valence-electron chi connectivity index (χ0n) is 13.4. The predicted octanol–water partition coefficient (Wildman–Crippen LogP) is 4.11. The summed E-state index contributed by atoms with van der Waals surface area (Å²) in [5.74, 6) is -0.904. The van der Waals surface area contributed by atoms with Crippen LogP contribution in [0.3, 0.4) is 0 Å². The maximum atomic E-state index is 11.6. The molecular formula is C16H15Cl2N3O3S. The van der Waals surface area contributed by atoms with Crippen LogP contribution in [0, 0.1) is 0 Å². The molecule has 0 spiro atoms. The number of halogens is 2. The molecule has 1 aromatic carbocycles. The van der Waals surface area contributed by atoms with E-state index < -0.39 is 16.7 Å². The number of ether oxygens (including phenoxy) is 1. The third kappa shape index (κ3) is 5.19. The standard InChI is InChI=1S/C16H15Cl2N3O3S/c1-9(20-21-12-7-8-25-13(12)16(23)24-2)10-3-5-11(6-4-10)19-15(22)14(17)18/h3-8,14,21H,1-2H3,(H,19,22). The fourth-order valence-electron chi connectivity index (χ4n) is 1.85. The number of rotatable bonds is 6. The van der Waals surface area contributed by atoms with Gasteiger partial charge in [0, 0.05) is 5.69 Å². The Morgan fingerprint density at radius 3 is 2.48 bits per heavy atom. The molecule has 1 aromatic heterocycles. The smallest absolute Gasteiger partial charge is 0.350 e. The Morgan fingerprint density at radius 1 is 1.20 bits per heavy atom. The fraction of sp³-hybridized carbons (Fsp3) is 0.188. The molecule has 1 heterocycles. The van der Waals surface area contributed by atoms with Crippen molar-refractivity contribution in [3.63, 3.8) is 0 Å². The molecule has 2 aromatic rings. The maximum absolute atomic E-state index is 11.6. The molecule has 0 fully saturated rings. The molecule has 1 amide bonds. The van der Waals surface area contributed by atoms with Crippen LogP contribution in [0.5, 0.6) is 0 Å². The van der Waals surface area contributed by atoms with Crippen LogP contribution < -0.4 is 10.7 Å². The molecule has 0 atom stereocenters. The third-order valence-electron chi connectivity index (χ3n) is 3.15. The number of hydrazone groups is 1. The number of anilines is 2. The van der Waals surface area contributed by atoms with E-state index in [0.29, 0.717) is 22.0 Å². The molecule has 2 rings (SSSR count). The highest BCUT2D eigenvalue weighted by atomic mass is 35.5. The second-order valence-corrected chi connectivity index (χ2v) is 6.84. The zero-order valence-corrected chi connectivity index (χ0v) is 15.7. The van der Waals surface area contributed by atoms with E-state index in [1.54, 1.807) is 35.7 Å². The van der Waals surface area contributed by atoms with Gasteiger partial charge in [-0.3, -0.25) is 10.2 Å². The first-order valence-electron chi connectivity index (χ1n) is 7.08. The van der Waals surface area contributed by atoms with Crippen LogP contribution in [0.4, 0.5) is 11.4 Å². The van der Waals surface area contributed by atoms with E-state index in [-0.39, 0.29) is 0 Å². The predicted molar refractivity (Wildman–Crippen MR) is 102 cm³/mol. The Morgan fingerprint density at radius 2 is 1.88 bits per heavy atom. The Labute approximate surface area is 158 Å². The molecule has 25 heavy (non-hydrogen) atoms. The maximum Gasteiger partial charge on any atom is 0.350 e. The summed E-state index contributed by atoms with van der Waals surface area (Å²) in [6.07, 6.45) is 0. The highest BCUT2D eigenvalue weighted by Gasteiger charge is 2.13. The van der Waals surface area contributed by atoms with E-state index in [9.17, 15) is 9.59 Å². The number of hydrogen-bond donors (Lipinski definition) is 2. The van der Waals surface area contributed by atoms with Gasteiger partial charge < -0.3 is 10.1 Å². The lowest BCUT2D eigenvalue weighted by atomic mass is 10.1. The summed E-state index contributed by atoms with van der Waals surface area (Å²) in [7, 11) is 1.33. The number of nitrogens with one attached hydrogen (secondary N) is 2. The van der Waals surface area contributed by atoms with Gasteiger partial charge in [-0.1, -0.05) is 35.3 Å². The number of thiophene rings is 1. The van der Waals surface area contributed by atoms with E-state index in [4.69, 9.17) is 27.9 Å². The largest absolute Gasteiger partial charge is 0.465 e. The van der Waals surface area contributed by atoms with Crippen molar-refractivity contribution in [3.8, 4) is 0 Å². The van der Waals surface area contributed by atoms with Crippen LogP contribution in [-0.4, -0.2) is 29.5 Å². The van der Waals surface area contributed by atoms with Gasteiger partial charge in [0.05, 0.1) is 18.5 Å². The summed E-state index contributed by atoms with van der Waals surface area (Å²) in [5.41, 5.74) is 5.56. The second kappa shape index (κ2) is 8.84. The summed E-state index contributed by atoms with van der Waals surface area (Å²) < 4.78 is 4.72. The van der Waals surface area contributed by atoms with Crippen molar-refractivity contribution in [2.24, 2.45) is 5.10 Å². The molecule has 0 saturated heterocycles. The highest BCUT2D eigenvalue weighted by Crippen LogP contribution is 2.23. The van der Waals surface area contributed by atoms with E-state index in [0.717, 1.165) is 5.56 Å². The first-order valence-corrected chi connectivity index (χ1v) is 8.83. The number of amides is 1. The fourth-order valence-corrected chi connectivity index (χ4v) is 2.72. The quantitative estimate of drug-likeness (QED) is 0.331. The molecule has 2 N–H and O–H groups in total. The molecule has 0 aliphatic heterocycles. The lowest BCUT2D eigenvalue weighted by Gasteiger charge is -2.07. The molecule has 0 saturated carbocycles. The first kappa shape index (κ1) is 19.2. The zero-order chi connectivity index (χ0) is 18.4. The van der Waals surface area contributed by atoms with Gasteiger partial charge in [0.1, 0.15) is 4.88 Å². The Bertz CT molecular complexity index is 788. The van der Waals surface area contributed by atoms with Crippen LogP contribution in [0.15, 0.2) is 40.8 Å². The SMILES string of the molecule is COC(=O)c1sccc1NN=C(C)c1ccc(NC(=O)C(Cl)Cl)cc1. The topological polar surface area (TPSA) is 79.8 Å². The number of benzene rings is 1. The lowest BCUT2D eigenvalue weighted by molar-refractivity contribution is -0.114. The Balaban J connectivity index is 2.06. The molecule has 9 heteroatoms. The van der Waals surface area contributed by atoms with Crippen molar-refractivity contribution in [1.82, 2.24) is 0 Å². The number of methoxy groups -OCH3 is 1. The molecule has 0 unspecified atom stereocenters. The number of alkyl halides is 2. The summed E-state index contributed by atoms with van der Waals surface area (Å²) in [4.78, 5) is 22.4. The number of esters is 1. The van der Waals surface area contributed by atoms with Gasteiger partial charge >= 0.3 is 5.97 Å². The number of nitrogens with zero attached hydrogens (tertiary/aromatic N) is 1.